The van der Waals surface area contributed by atoms with E-state index in [2.05, 4.69) is 0 Å². The van der Waals surface area contributed by atoms with Crippen molar-refractivity contribution in [1.82, 2.24) is 4.31 Å². The summed E-state index contributed by atoms with van der Waals surface area (Å²) in [4.78, 5) is 0.212. The van der Waals surface area contributed by atoms with Crippen LogP contribution in [0.4, 0.5) is 0 Å². The molecule has 1 aliphatic heterocycles. The van der Waals surface area contributed by atoms with Crippen molar-refractivity contribution in [2.45, 2.75) is 30.3 Å². The number of morpholine rings is 1. The molecule has 0 radical (unpaired) electrons. The van der Waals surface area contributed by atoms with Gasteiger partial charge in [-0.2, -0.15) is 4.31 Å². The molecule has 2 rings (SSSR count). The summed E-state index contributed by atoms with van der Waals surface area (Å²) in [7, 11) is -3.65. The Morgan fingerprint density at radius 2 is 2.29 bits per heavy atom. The molecule has 1 aromatic rings. The first-order valence-corrected chi connectivity index (χ1v) is 8.50. The third-order valence-corrected chi connectivity index (χ3v) is 5.66. The molecule has 0 aromatic heterocycles. The molecule has 0 aliphatic carbocycles. The molecule has 0 bridgehead atoms. The molecular weight excluding hydrogens is 292 g/mol. The van der Waals surface area contributed by atoms with Gasteiger partial charge in [0.15, 0.2) is 0 Å². The van der Waals surface area contributed by atoms with Gasteiger partial charge in [-0.3, -0.25) is 0 Å². The highest BCUT2D eigenvalue weighted by atomic mass is 32.2. The number of ether oxygens (including phenoxy) is 1. The molecular formula is C14H22N2O4S. The van der Waals surface area contributed by atoms with Crippen molar-refractivity contribution in [3.05, 3.63) is 29.8 Å². The minimum atomic E-state index is -3.65. The van der Waals surface area contributed by atoms with E-state index in [1.165, 1.54) is 4.31 Å². The maximum Gasteiger partial charge on any atom is 0.243 e. The maximum atomic E-state index is 12.7. The number of aliphatic hydroxyl groups is 1. The smallest absolute Gasteiger partial charge is 0.243 e. The largest absolute Gasteiger partial charge is 0.395 e. The Balaban J connectivity index is 2.34. The van der Waals surface area contributed by atoms with Gasteiger partial charge in [0, 0.05) is 12.6 Å². The highest BCUT2D eigenvalue weighted by Gasteiger charge is 2.33. The van der Waals surface area contributed by atoms with Gasteiger partial charge in [-0.15, -0.1) is 0 Å². The summed E-state index contributed by atoms with van der Waals surface area (Å²) < 4.78 is 32.0. The predicted molar refractivity (Wildman–Crippen MR) is 79.2 cm³/mol. The van der Waals surface area contributed by atoms with E-state index in [0.29, 0.717) is 6.61 Å². The molecule has 0 spiro atoms. The summed E-state index contributed by atoms with van der Waals surface area (Å²) in [6, 6.07) is 5.99. The molecule has 1 aromatic carbocycles. The Kier molecular flexibility index (Phi) is 5.34. The summed E-state index contributed by atoms with van der Waals surface area (Å²) >= 11 is 0. The minimum Gasteiger partial charge on any atom is -0.395 e. The summed E-state index contributed by atoms with van der Waals surface area (Å²) in [6.07, 6.45) is 0.736. The summed E-state index contributed by atoms with van der Waals surface area (Å²) in [5.74, 6) is 0. The predicted octanol–water partition coefficient (Wildman–Crippen LogP) is 0.478. The third-order valence-electron chi connectivity index (χ3n) is 3.72. The lowest BCUT2D eigenvalue weighted by atomic mass is 10.1. The molecule has 0 amide bonds. The second-order valence-corrected chi connectivity index (χ2v) is 7.00. The SMILES string of the molecule is CCC(N)c1cccc(S(=O)(=O)N2CCOCC2CO)c1. The number of nitrogens with zero attached hydrogens (tertiary/aromatic N) is 1. The van der Waals surface area contributed by atoms with Gasteiger partial charge in [0.1, 0.15) is 0 Å². The Morgan fingerprint density at radius 1 is 1.52 bits per heavy atom. The van der Waals surface area contributed by atoms with Crippen LogP contribution >= 0.6 is 0 Å². The Hall–Kier alpha value is -0.990. The molecule has 3 N–H and O–H groups in total. The Morgan fingerprint density at radius 3 is 2.95 bits per heavy atom. The number of hydrogen-bond donors (Lipinski definition) is 2. The molecule has 1 fully saturated rings. The number of rotatable bonds is 5. The zero-order valence-electron chi connectivity index (χ0n) is 12.1. The number of hydrogen-bond acceptors (Lipinski definition) is 5. The lowest BCUT2D eigenvalue weighted by Gasteiger charge is -2.33. The van der Waals surface area contributed by atoms with Gasteiger partial charge in [0.2, 0.25) is 10.0 Å². The van der Waals surface area contributed by atoms with Crippen molar-refractivity contribution in [2.24, 2.45) is 5.73 Å². The standard InChI is InChI=1S/C14H22N2O4S/c1-2-14(15)11-4-3-5-13(8-11)21(18,19)16-6-7-20-10-12(16)9-17/h3-5,8,12,14,17H,2,6-7,9-10,15H2,1H3. The topological polar surface area (TPSA) is 92.9 Å². The second kappa shape index (κ2) is 6.85. The van der Waals surface area contributed by atoms with Crippen LogP contribution in [-0.4, -0.2) is 50.2 Å². The van der Waals surface area contributed by atoms with E-state index in [9.17, 15) is 13.5 Å². The molecule has 2 unspecified atom stereocenters. The average molecular weight is 314 g/mol. The third kappa shape index (κ3) is 3.44. The zero-order chi connectivity index (χ0) is 15.5. The number of benzene rings is 1. The van der Waals surface area contributed by atoms with E-state index in [4.69, 9.17) is 10.5 Å². The van der Waals surface area contributed by atoms with Crippen LogP contribution < -0.4 is 5.73 Å². The fourth-order valence-electron chi connectivity index (χ4n) is 2.38. The lowest BCUT2D eigenvalue weighted by Crippen LogP contribution is -2.50. The van der Waals surface area contributed by atoms with Gasteiger partial charge < -0.3 is 15.6 Å². The zero-order valence-corrected chi connectivity index (χ0v) is 12.9. The number of sulfonamides is 1. The van der Waals surface area contributed by atoms with Crippen LogP contribution in [0.25, 0.3) is 0 Å². The normalized spacial score (nSPS) is 22.1. The van der Waals surface area contributed by atoms with Crippen molar-refractivity contribution < 1.29 is 18.3 Å². The lowest BCUT2D eigenvalue weighted by molar-refractivity contribution is 0.0109. The fraction of sp³-hybridized carbons (Fsp3) is 0.571. The molecule has 1 heterocycles. The average Bonchev–Trinajstić information content (AvgIpc) is 2.54. The molecule has 21 heavy (non-hydrogen) atoms. The van der Waals surface area contributed by atoms with Gasteiger partial charge in [0.25, 0.3) is 0 Å². The summed E-state index contributed by atoms with van der Waals surface area (Å²) in [5, 5.41) is 9.35. The molecule has 0 saturated carbocycles. The highest BCUT2D eigenvalue weighted by Crippen LogP contribution is 2.23. The van der Waals surface area contributed by atoms with Gasteiger partial charge in [-0.1, -0.05) is 19.1 Å². The van der Waals surface area contributed by atoms with E-state index in [1.807, 2.05) is 13.0 Å². The number of aliphatic hydroxyl groups excluding tert-OH is 1. The van der Waals surface area contributed by atoms with E-state index in [-0.39, 0.29) is 30.7 Å². The van der Waals surface area contributed by atoms with Crippen molar-refractivity contribution in [1.29, 1.82) is 0 Å². The van der Waals surface area contributed by atoms with Crippen LogP contribution in [0, 0.1) is 0 Å². The van der Waals surface area contributed by atoms with Crippen molar-refractivity contribution in [3.8, 4) is 0 Å². The van der Waals surface area contributed by atoms with E-state index in [1.54, 1.807) is 18.2 Å². The van der Waals surface area contributed by atoms with Gasteiger partial charge in [-0.05, 0) is 24.1 Å². The molecule has 1 saturated heterocycles. The Labute approximate surface area is 125 Å². The van der Waals surface area contributed by atoms with Crippen molar-refractivity contribution in [3.63, 3.8) is 0 Å². The Bertz CT molecular complexity index is 576. The first kappa shape index (κ1) is 16.4. The summed E-state index contributed by atoms with van der Waals surface area (Å²) in [6.45, 7) is 2.49. The highest BCUT2D eigenvalue weighted by molar-refractivity contribution is 7.89. The quantitative estimate of drug-likeness (QED) is 0.824. The first-order valence-electron chi connectivity index (χ1n) is 7.06. The molecule has 6 nitrogen and oxygen atoms in total. The van der Waals surface area contributed by atoms with Crippen LogP contribution in [0.3, 0.4) is 0 Å². The molecule has 2 atom stereocenters. The van der Waals surface area contributed by atoms with Gasteiger partial charge in [-0.25, -0.2) is 8.42 Å². The van der Waals surface area contributed by atoms with Crippen molar-refractivity contribution in [2.75, 3.05) is 26.4 Å². The minimum absolute atomic E-state index is 0.182. The van der Waals surface area contributed by atoms with Crippen LogP contribution in [0.2, 0.25) is 0 Å². The van der Waals surface area contributed by atoms with Gasteiger partial charge in [0.05, 0.1) is 30.8 Å². The van der Waals surface area contributed by atoms with Crippen LogP contribution in [0.1, 0.15) is 24.9 Å². The second-order valence-electron chi connectivity index (χ2n) is 5.11. The van der Waals surface area contributed by atoms with E-state index < -0.39 is 16.1 Å². The first-order chi connectivity index (χ1) is 10.0. The molecule has 1 aliphatic rings. The van der Waals surface area contributed by atoms with E-state index in [0.717, 1.165) is 12.0 Å². The van der Waals surface area contributed by atoms with Crippen LogP contribution in [0.15, 0.2) is 29.2 Å². The maximum absolute atomic E-state index is 12.7. The molecule has 118 valence electrons. The van der Waals surface area contributed by atoms with Crippen LogP contribution in [-0.2, 0) is 14.8 Å². The molecule has 7 heteroatoms. The van der Waals surface area contributed by atoms with Crippen molar-refractivity contribution >= 4 is 10.0 Å². The van der Waals surface area contributed by atoms with E-state index >= 15 is 0 Å². The summed E-state index contributed by atoms with van der Waals surface area (Å²) in [5.41, 5.74) is 6.77. The van der Waals surface area contributed by atoms with Crippen LogP contribution in [0.5, 0.6) is 0 Å². The monoisotopic (exact) mass is 314 g/mol. The van der Waals surface area contributed by atoms with Gasteiger partial charge >= 0.3 is 0 Å². The number of nitrogens with two attached hydrogens (primary N) is 1. The fourth-order valence-corrected chi connectivity index (χ4v) is 4.02.